The van der Waals surface area contributed by atoms with Gasteiger partial charge in [0.15, 0.2) is 5.41 Å². The van der Waals surface area contributed by atoms with Gasteiger partial charge in [-0.15, -0.1) is 6.58 Å². The molecule has 0 amide bonds. The van der Waals surface area contributed by atoms with Gasteiger partial charge < -0.3 is 9.84 Å². The molecule has 4 heteroatoms. The summed E-state index contributed by atoms with van der Waals surface area (Å²) in [5.41, 5.74) is -1.39. The number of ether oxygens (including phenoxy) is 1. The van der Waals surface area contributed by atoms with E-state index in [1.807, 2.05) is 0 Å². The minimum absolute atomic E-state index is 0.192. The third-order valence-electron chi connectivity index (χ3n) is 2.56. The average Bonchev–Trinajstić information content (AvgIpc) is 2.20. The zero-order valence-corrected chi connectivity index (χ0v) is 9.28. The van der Waals surface area contributed by atoms with E-state index in [9.17, 15) is 9.59 Å². The van der Waals surface area contributed by atoms with Gasteiger partial charge in [0.2, 0.25) is 0 Å². The number of aliphatic carboxylic acids is 1. The smallest absolute Gasteiger partial charge is 0.323 e. The first-order chi connectivity index (χ1) is 7.05. The molecule has 0 aliphatic rings. The number of carbonyl (C=O) groups excluding carboxylic acids is 1. The van der Waals surface area contributed by atoms with Gasteiger partial charge in [0, 0.05) is 0 Å². The zero-order valence-electron chi connectivity index (χ0n) is 9.28. The average molecular weight is 214 g/mol. The fraction of sp³-hybridized carbons (Fsp3) is 0.636. The van der Waals surface area contributed by atoms with Crippen molar-refractivity contribution in [3.05, 3.63) is 12.7 Å². The van der Waals surface area contributed by atoms with Gasteiger partial charge >= 0.3 is 11.9 Å². The van der Waals surface area contributed by atoms with Crippen molar-refractivity contribution < 1.29 is 19.4 Å². The third-order valence-corrected chi connectivity index (χ3v) is 2.56. The summed E-state index contributed by atoms with van der Waals surface area (Å²) in [6, 6.07) is 0. The molecule has 0 fully saturated rings. The predicted molar refractivity (Wildman–Crippen MR) is 56.4 cm³/mol. The molecule has 0 aromatic rings. The van der Waals surface area contributed by atoms with E-state index in [-0.39, 0.29) is 19.4 Å². The van der Waals surface area contributed by atoms with Crippen LogP contribution in [0.1, 0.15) is 33.1 Å². The summed E-state index contributed by atoms with van der Waals surface area (Å²) in [4.78, 5) is 22.6. The van der Waals surface area contributed by atoms with E-state index in [0.29, 0.717) is 6.42 Å². The second-order valence-electron chi connectivity index (χ2n) is 3.31. The summed E-state index contributed by atoms with van der Waals surface area (Å²) in [5, 5.41) is 9.03. The molecule has 0 atom stereocenters. The number of carboxylic acids is 1. The first-order valence-electron chi connectivity index (χ1n) is 5.06. The molecule has 1 N–H and O–H groups in total. The van der Waals surface area contributed by atoms with Gasteiger partial charge in [-0.05, 0) is 19.3 Å². The number of hydrogen-bond acceptors (Lipinski definition) is 3. The minimum atomic E-state index is -1.39. The molecule has 0 spiro atoms. The lowest BCUT2D eigenvalue weighted by Gasteiger charge is -2.23. The van der Waals surface area contributed by atoms with E-state index in [4.69, 9.17) is 9.84 Å². The molecule has 15 heavy (non-hydrogen) atoms. The van der Waals surface area contributed by atoms with Crippen molar-refractivity contribution >= 4 is 11.9 Å². The number of rotatable bonds is 7. The summed E-state index contributed by atoms with van der Waals surface area (Å²) >= 11 is 0. The van der Waals surface area contributed by atoms with Crippen LogP contribution >= 0.6 is 0 Å². The van der Waals surface area contributed by atoms with Gasteiger partial charge in [-0.2, -0.15) is 0 Å². The molecular formula is C11H18O4. The summed E-state index contributed by atoms with van der Waals surface area (Å²) in [5.74, 6) is -1.77. The van der Waals surface area contributed by atoms with Gasteiger partial charge in [-0.3, -0.25) is 9.59 Å². The lowest BCUT2D eigenvalue weighted by atomic mass is 9.82. The van der Waals surface area contributed by atoms with Gasteiger partial charge in [-0.1, -0.05) is 19.9 Å². The Balaban J connectivity index is 4.55. The number of carboxylic acid groups (broad SMARTS) is 1. The molecule has 86 valence electrons. The Kier molecular flexibility index (Phi) is 5.67. The third kappa shape index (κ3) is 3.08. The first kappa shape index (κ1) is 13.7. The molecule has 0 aliphatic carbocycles. The fourth-order valence-electron chi connectivity index (χ4n) is 1.30. The van der Waals surface area contributed by atoms with Crippen LogP contribution < -0.4 is 0 Å². The maximum atomic E-state index is 11.6. The van der Waals surface area contributed by atoms with Crippen molar-refractivity contribution in [1.82, 2.24) is 0 Å². The standard InChI is InChI=1S/C11H18O4/c1-4-7-8-15-10(14)11(5-2,6-3)9(12)13/h4H,1,5-8H2,2-3H3,(H,12,13). The van der Waals surface area contributed by atoms with Crippen LogP contribution in [0.15, 0.2) is 12.7 Å². The lowest BCUT2D eigenvalue weighted by molar-refractivity contribution is -0.169. The SMILES string of the molecule is C=CCCOC(=O)C(CC)(CC)C(=O)O. The lowest BCUT2D eigenvalue weighted by Crippen LogP contribution is -2.39. The molecule has 0 radical (unpaired) electrons. The molecule has 0 saturated heterocycles. The molecule has 4 nitrogen and oxygen atoms in total. The van der Waals surface area contributed by atoms with Gasteiger partial charge in [0.25, 0.3) is 0 Å². The molecule has 0 aliphatic heterocycles. The highest BCUT2D eigenvalue weighted by atomic mass is 16.5. The number of esters is 1. The number of carbonyl (C=O) groups is 2. The van der Waals surface area contributed by atoms with E-state index in [1.165, 1.54) is 0 Å². The second-order valence-corrected chi connectivity index (χ2v) is 3.31. The Bertz CT molecular complexity index is 241. The van der Waals surface area contributed by atoms with Crippen molar-refractivity contribution in [3.8, 4) is 0 Å². The molecule has 0 heterocycles. The molecule has 0 aromatic heterocycles. The normalized spacial score (nSPS) is 10.8. The second kappa shape index (κ2) is 6.22. The van der Waals surface area contributed by atoms with E-state index in [2.05, 4.69) is 6.58 Å². The predicted octanol–water partition coefficient (Wildman–Crippen LogP) is 2.00. The van der Waals surface area contributed by atoms with Gasteiger partial charge in [0.1, 0.15) is 0 Å². The molecule has 0 unspecified atom stereocenters. The molecule has 0 aromatic carbocycles. The van der Waals surface area contributed by atoms with Gasteiger partial charge in [0.05, 0.1) is 6.61 Å². The van der Waals surface area contributed by atoms with Crippen molar-refractivity contribution in [3.63, 3.8) is 0 Å². The Morgan fingerprint density at radius 3 is 2.27 bits per heavy atom. The van der Waals surface area contributed by atoms with Gasteiger partial charge in [-0.25, -0.2) is 0 Å². The maximum absolute atomic E-state index is 11.6. The van der Waals surface area contributed by atoms with Crippen LogP contribution in [-0.2, 0) is 14.3 Å². The summed E-state index contributed by atoms with van der Waals surface area (Å²) in [6.45, 7) is 7.03. The van der Waals surface area contributed by atoms with Crippen molar-refractivity contribution in [1.29, 1.82) is 0 Å². The van der Waals surface area contributed by atoms with Crippen molar-refractivity contribution in [2.75, 3.05) is 6.61 Å². The monoisotopic (exact) mass is 214 g/mol. The molecule has 0 rings (SSSR count). The summed E-state index contributed by atoms with van der Waals surface area (Å²) < 4.78 is 4.90. The van der Waals surface area contributed by atoms with Crippen molar-refractivity contribution in [2.24, 2.45) is 5.41 Å². The van der Waals surface area contributed by atoms with Crippen LogP contribution in [0.5, 0.6) is 0 Å². The van der Waals surface area contributed by atoms with Crippen LogP contribution in [0, 0.1) is 5.41 Å². The van der Waals surface area contributed by atoms with E-state index in [1.54, 1.807) is 19.9 Å². The highest BCUT2D eigenvalue weighted by Crippen LogP contribution is 2.28. The minimum Gasteiger partial charge on any atom is -0.480 e. The first-order valence-corrected chi connectivity index (χ1v) is 5.06. The van der Waals surface area contributed by atoms with Crippen LogP contribution in [0.25, 0.3) is 0 Å². The fourth-order valence-corrected chi connectivity index (χ4v) is 1.30. The molecular weight excluding hydrogens is 196 g/mol. The Morgan fingerprint density at radius 2 is 1.93 bits per heavy atom. The Morgan fingerprint density at radius 1 is 1.40 bits per heavy atom. The highest BCUT2D eigenvalue weighted by molar-refractivity contribution is 5.99. The Hall–Kier alpha value is -1.32. The van der Waals surface area contributed by atoms with E-state index < -0.39 is 17.4 Å². The zero-order chi connectivity index (χ0) is 11.9. The van der Waals surface area contributed by atoms with Crippen LogP contribution in [0.3, 0.4) is 0 Å². The number of hydrogen-bond donors (Lipinski definition) is 1. The van der Waals surface area contributed by atoms with E-state index >= 15 is 0 Å². The maximum Gasteiger partial charge on any atom is 0.323 e. The molecule has 0 saturated carbocycles. The largest absolute Gasteiger partial charge is 0.480 e. The van der Waals surface area contributed by atoms with Crippen LogP contribution in [-0.4, -0.2) is 23.7 Å². The highest BCUT2D eigenvalue weighted by Gasteiger charge is 2.44. The van der Waals surface area contributed by atoms with E-state index in [0.717, 1.165) is 0 Å². The van der Waals surface area contributed by atoms with Crippen molar-refractivity contribution in [2.45, 2.75) is 33.1 Å². The Labute approximate surface area is 89.9 Å². The molecule has 0 bridgehead atoms. The topological polar surface area (TPSA) is 63.6 Å². The van der Waals surface area contributed by atoms with Crippen LogP contribution in [0.2, 0.25) is 0 Å². The quantitative estimate of drug-likeness (QED) is 0.305. The summed E-state index contributed by atoms with van der Waals surface area (Å²) in [7, 11) is 0. The van der Waals surface area contributed by atoms with Crippen LogP contribution in [0.4, 0.5) is 0 Å². The summed E-state index contributed by atoms with van der Waals surface area (Å²) in [6.07, 6.45) is 2.64.